The lowest BCUT2D eigenvalue weighted by atomic mass is 10.2. The predicted octanol–water partition coefficient (Wildman–Crippen LogP) is 3.99. The van der Waals surface area contributed by atoms with Crippen LogP contribution in [0.1, 0.15) is 5.56 Å². The normalized spacial score (nSPS) is 20.3. The van der Waals surface area contributed by atoms with E-state index in [-0.39, 0.29) is 0 Å². The number of hydrogen-bond acceptors (Lipinski definition) is 4. The SMILES string of the molecule is S=C1SCC(COCc2ccc(Cl)cc2)S1. The lowest BCUT2D eigenvalue weighted by molar-refractivity contribution is 0.125. The molecule has 2 rings (SSSR count). The molecule has 1 atom stereocenters. The van der Waals surface area contributed by atoms with Gasteiger partial charge in [0.2, 0.25) is 0 Å². The fourth-order valence-electron chi connectivity index (χ4n) is 1.34. The Morgan fingerprint density at radius 1 is 1.38 bits per heavy atom. The number of thioether (sulfide) groups is 2. The minimum atomic E-state index is 0.518. The molecule has 0 aromatic heterocycles. The van der Waals surface area contributed by atoms with Crippen molar-refractivity contribution in [1.29, 1.82) is 0 Å². The summed E-state index contributed by atoms with van der Waals surface area (Å²) in [5, 5.41) is 1.28. The van der Waals surface area contributed by atoms with Crippen molar-refractivity contribution in [1.82, 2.24) is 0 Å². The highest BCUT2D eigenvalue weighted by Crippen LogP contribution is 2.33. The molecule has 5 heteroatoms. The van der Waals surface area contributed by atoms with Gasteiger partial charge < -0.3 is 4.74 Å². The molecule has 0 amide bonds. The van der Waals surface area contributed by atoms with Crippen LogP contribution < -0.4 is 0 Å². The van der Waals surface area contributed by atoms with Crippen molar-refractivity contribution in [2.75, 3.05) is 12.4 Å². The van der Waals surface area contributed by atoms with E-state index < -0.39 is 0 Å². The molecule has 1 nitrogen and oxygen atoms in total. The van der Waals surface area contributed by atoms with E-state index in [1.54, 1.807) is 23.5 Å². The lowest BCUT2D eigenvalue weighted by Crippen LogP contribution is -2.11. The fraction of sp³-hybridized carbons (Fsp3) is 0.364. The number of ether oxygens (including phenoxy) is 1. The van der Waals surface area contributed by atoms with E-state index in [4.69, 9.17) is 28.6 Å². The lowest BCUT2D eigenvalue weighted by Gasteiger charge is -2.08. The summed E-state index contributed by atoms with van der Waals surface area (Å²) in [5.41, 5.74) is 1.16. The summed E-state index contributed by atoms with van der Waals surface area (Å²) in [5.74, 6) is 1.07. The van der Waals surface area contributed by atoms with Crippen LogP contribution in [0.5, 0.6) is 0 Å². The van der Waals surface area contributed by atoms with Gasteiger partial charge in [-0.3, -0.25) is 0 Å². The van der Waals surface area contributed by atoms with Gasteiger partial charge in [-0.25, -0.2) is 0 Å². The van der Waals surface area contributed by atoms with Gasteiger partial charge in [-0.05, 0) is 17.7 Å². The van der Waals surface area contributed by atoms with E-state index in [0.717, 1.165) is 26.5 Å². The van der Waals surface area contributed by atoms with Crippen molar-refractivity contribution >= 4 is 50.9 Å². The third kappa shape index (κ3) is 3.93. The molecule has 1 saturated heterocycles. The van der Waals surface area contributed by atoms with Crippen LogP contribution in [0.25, 0.3) is 0 Å². The third-order valence-corrected chi connectivity index (χ3v) is 5.52. The van der Waals surface area contributed by atoms with Gasteiger partial charge in [0.05, 0.1) is 13.2 Å². The van der Waals surface area contributed by atoms with Gasteiger partial charge in [-0.2, -0.15) is 0 Å². The van der Waals surface area contributed by atoms with Crippen molar-refractivity contribution in [2.45, 2.75) is 11.9 Å². The van der Waals surface area contributed by atoms with Crippen LogP contribution in [0.2, 0.25) is 5.02 Å². The summed E-state index contributed by atoms with van der Waals surface area (Å²) >= 11 is 14.4. The summed E-state index contributed by atoms with van der Waals surface area (Å²) in [6.07, 6.45) is 0. The minimum Gasteiger partial charge on any atom is -0.376 e. The molecule has 1 aliphatic rings. The maximum absolute atomic E-state index is 5.80. The molecular formula is C11H11ClOS3. The Hall–Kier alpha value is 0.260. The van der Waals surface area contributed by atoms with E-state index in [2.05, 4.69) is 0 Å². The first-order valence-electron chi connectivity index (χ1n) is 4.89. The minimum absolute atomic E-state index is 0.518. The van der Waals surface area contributed by atoms with Crippen LogP contribution in [-0.4, -0.2) is 21.1 Å². The molecule has 0 saturated carbocycles. The molecule has 0 spiro atoms. The van der Waals surface area contributed by atoms with Crippen LogP contribution in [0.15, 0.2) is 24.3 Å². The zero-order valence-corrected chi connectivity index (χ0v) is 11.7. The van der Waals surface area contributed by atoms with Crippen LogP contribution in [0, 0.1) is 0 Å². The molecule has 1 unspecified atom stereocenters. The molecule has 1 heterocycles. The Balaban J connectivity index is 1.72. The molecule has 0 bridgehead atoms. The number of halogens is 1. The molecule has 16 heavy (non-hydrogen) atoms. The Morgan fingerprint density at radius 2 is 2.12 bits per heavy atom. The molecule has 86 valence electrons. The zero-order chi connectivity index (χ0) is 11.4. The maximum Gasteiger partial charge on any atom is 0.104 e. The summed E-state index contributed by atoms with van der Waals surface area (Å²) in [7, 11) is 0. The van der Waals surface area contributed by atoms with E-state index in [0.29, 0.717) is 11.9 Å². The molecule has 1 aliphatic heterocycles. The van der Waals surface area contributed by atoms with E-state index in [9.17, 15) is 0 Å². The highest BCUT2D eigenvalue weighted by atomic mass is 35.5. The Bertz CT molecular complexity index is 366. The van der Waals surface area contributed by atoms with E-state index in [1.165, 1.54) is 0 Å². The summed E-state index contributed by atoms with van der Waals surface area (Å²) < 4.78 is 6.70. The van der Waals surface area contributed by atoms with Gasteiger partial charge in [0.25, 0.3) is 0 Å². The predicted molar refractivity (Wildman–Crippen MR) is 77.5 cm³/mol. The third-order valence-electron chi connectivity index (χ3n) is 2.14. The molecular weight excluding hydrogens is 280 g/mol. The number of rotatable bonds is 4. The highest BCUT2D eigenvalue weighted by Gasteiger charge is 2.20. The van der Waals surface area contributed by atoms with Gasteiger partial charge >= 0.3 is 0 Å². The second-order valence-corrected chi connectivity index (χ2v) is 7.40. The highest BCUT2D eigenvalue weighted by molar-refractivity contribution is 8.49. The van der Waals surface area contributed by atoms with Gasteiger partial charge in [0, 0.05) is 16.0 Å². The smallest absolute Gasteiger partial charge is 0.104 e. The van der Waals surface area contributed by atoms with E-state index in [1.807, 2.05) is 24.3 Å². The van der Waals surface area contributed by atoms with Gasteiger partial charge in [0.1, 0.15) is 3.53 Å². The van der Waals surface area contributed by atoms with E-state index >= 15 is 0 Å². The van der Waals surface area contributed by atoms with Crippen molar-refractivity contribution in [3.05, 3.63) is 34.9 Å². The average Bonchev–Trinajstić information content (AvgIpc) is 2.67. The topological polar surface area (TPSA) is 9.23 Å². The first-order chi connectivity index (χ1) is 7.74. The van der Waals surface area contributed by atoms with Gasteiger partial charge in [-0.1, -0.05) is 36.0 Å². The van der Waals surface area contributed by atoms with Crippen LogP contribution in [0.3, 0.4) is 0 Å². The van der Waals surface area contributed by atoms with Crippen LogP contribution in [0.4, 0.5) is 0 Å². The fourth-order valence-corrected chi connectivity index (χ4v) is 4.29. The summed E-state index contributed by atoms with van der Waals surface area (Å²) in [6, 6.07) is 7.75. The van der Waals surface area contributed by atoms with Crippen molar-refractivity contribution < 1.29 is 4.74 Å². The van der Waals surface area contributed by atoms with Crippen molar-refractivity contribution in [3.63, 3.8) is 0 Å². The van der Waals surface area contributed by atoms with Crippen LogP contribution in [-0.2, 0) is 11.3 Å². The first-order valence-corrected chi connectivity index (χ1v) is 7.55. The second-order valence-electron chi connectivity index (χ2n) is 3.44. The Morgan fingerprint density at radius 3 is 2.75 bits per heavy atom. The molecule has 1 fully saturated rings. The zero-order valence-electron chi connectivity index (χ0n) is 8.52. The van der Waals surface area contributed by atoms with Gasteiger partial charge in [-0.15, -0.1) is 23.5 Å². The molecule has 0 radical (unpaired) electrons. The first kappa shape index (κ1) is 12.7. The molecule has 1 aromatic rings. The standard InChI is InChI=1S/C11H11ClOS3/c12-9-3-1-8(2-4-9)5-13-6-10-7-15-11(14)16-10/h1-4,10H,5-7H2. The number of benzene rings is 1. The number of hydrogen-bond donors (Lipinski definition) is 0. The summed E-state index contributed by atoms with van der Waals surface area (Å²) in [4.78, 5) is 0. The molecule has 0 N–H and O–H groups in total. The average molecular weight is 291 g/mol. The second kappa shape index (κ2) is 6.26. The summed E-state index contributed by atoms with van der Waals surface area (Å²) in [6.45, 7) is 1.41. The maximum atomic E-state index is 5.80. The van der Waals surface area contributed by atoms with Gasteiger partial charge in [0.15, 0.2) is 0 Å². The number of thiocarbonyl (C=S) groups is 1. The molecule has 0 aliphatic carbocycles. The van der Waals surface area contributed by atoms with Crippen LogP contribution >= 0.6 is 47.3 Å². The Labute approximate surface area is 114 Å². The monoisotopic (exact) mass is 290 g/mol. The van der Waals surface area contributed by atoms with Crippen molar-refractivity contribution in [3.8, 4) is 0 Å². The largest absolute Gasteiger partial charge is 0.376 e. The quantitative estimate of drug-likeness (QED) is 0.775. The Kier molecular flexibility index (Phi) is 4.97. The molecule has 1 aromatic carbocycles. The van der Waals surface area contributed by atoms with Crippen molar-refractivity contribution in [2.24, 2.45) is 0 Å².